The fourth-order valence-electron chi connectivity index (χ4n) is 1.95. The van der Waals surface area contributed by atoms with Gasteiger partial charge in [0.1, 0.15) is 11.3 Å². The normalized spacial score (nSPS) is 14.7. The third-order valence-corrected chi connectivity index (χ3v) is 3.22. The number of benzene rings is 1. The monoisotopic (exact) mass is 266 g/mol. The third kappa shape index (κ3) is 2.47. The van der Waals surface area contributed by atoms with E-state index in [1.807, 2.05) is 24.3 Å². The number of aliphatic hydroxyl groups is 2. The van der Waals surface area contributed by atoms with Gasteiger partial charge in [0.2, 0.25) is 0 Å². The molecule has 18 heavy (non-hydrogen) atoms. The second kappa shape index (κ2) is 5.63. The molecule has 1 aromatic heterocycles. The van der Waals surface area contributed by atoms with E-state index in [2.05, 4.69) is 4.98 Å². The molecular formula is C13H15ClN2O2. The lowest BCUT2D eigenvalue weighted by Crippen LogP contribution is -2.22. The molecule has 0 saturated carbocycles. The molecule has 96 valence electrons. The highest BCUT2D eigenvalue weighted by atomic mass is 35.5. The first-order valence-corrected chi connectivity index (χ1v) is 6.12. The van der Waals surface area contributed by atoms with Gasteiger partial charge in [-0.05, 0) is 18.4 Å². The van der Waals surface area contributed by atoms with Crippen LogP contribution in [0.5, 0.6) is 0 Å². The number of hydrogen-bond donors (Lipinski definition) is 3. The Labute approximate surface area is 110 Å². The minimum Gasteiger partial charge on any atom is -0.390 e. The highest BCUT2D eigenvalue weighted by molar-refractivity contribution is 6.34. The summed E-state index contributed by atoms with van der Waals surface area (Å²) >= 11 is 6.00. The molecule has 4 nitrogen and oxygen atoms in total. The van der Waals surface area contributed by atoms with Crippen LogP contribution >= 0.6 is 11.6 Å². The fourth-order valence-corrected chi connectivity index (χ4v) is 2.17. The van der Waals surface area contributed by atoms with Gasteiger partial charge < -0.3 is 15.9 Å². The van der Waals surface area contributed by atoms with Crippen molar-refractivity contribution >= 4 is 22.4 Å². The van der Waals surface area contributed by atoms with Crippen LogP contribution in [0.15, 0.2) is 30.5 Å². The molecule has 4 N–H and O–H groups in total. The predicted molar refractivity (Wildman–Crippen MR) is 71.4 cm³/mol. The lowest BCUT2D eigenvalue weighted by atomic mass is 9.98. The van der Waals surface area contributed by atoms with Gasteiger partial charge in [-0.3, -0.25) is 0 Å². The topological polar surface area (TPSA) is 79.4 Å². The van der Waals surface area contributed by atoms with Crippen LogP contribution in [0.1, 0.15) is 18.1 Å². The zero-order valence-corrected chi connectivity index (χ0v) is 10.5. The van der Waals surface area contributed by atoms with Crippen molar-refractivity contribution in [2.24, 2.45) is 5.73 Å². The van der Waals surface area contributed by atoms with E-state index in [4.69, 9.17) is 17.3 Å². The van der Waals surface area contributed by atoms with E-state index in [0.717, 1.165) is 10.8 Å². The van der Waals surface area contributed by atoms with Crippen LogP contribution in [0.3, 0.4) is 0 Å². The molecule has 2 rings (SSSR count). The van der Waals surface area contributed by atoms with Gasteiger partial charge in [0.15, 0.2) is 0 Å². The summed E-state index contributed by atoms with van der Waals surface area (Å²) in [5, 5.41) is 21.9. The second-order valence-corrected chi connectivity index (χ2v) is 4.50. The van der Waals surface area contributed by atoms with Crippen molar-refractivity contribution in [1.82, 2.24) is 4.98 Å². The summed E-state index contributed by atoms with van der Waals surface area (Å²) in [6, 6.07) is 7.37. The number of pyridine rings is 1. The maximum atomic E-state index is 10.1. The predicted octanol–water partition coefficient (Wildman–Crippen LogP) is 1.63. The Hall–Kier alpha value is -1.20. The van der Waals surface area contributed by atoms with Crippen molar-refractivity contribution < 1.29 is 10.2 Å². The number of halogens is 1. The summed E-state index contributed by atoms with van der Waals surface area (Å²) in [5.74, 6) is 0. The van der Waals surface area contributed by atoms with Gasteiger partial charge in [-0.15, -0.1) is 0 Å². The molecule has 0 aliphatic heterocycles. The Morgan fingerprint density at radius 3 is 2.56 bits per heavy atom. The molecule has 1 aromatic carbocycles. The van der Waals surface area contributed by atoms with Gasteiger partial charge >= 0.3 is 0 Å². The van der Waals surface area contributed by atoms with Crippen molar-refractivity contribution in [3.8, 4) is 0 Å². The Morgan fingerprint density at radius 2 is 1.89 bits per heavy atom. The SMILES string of the molecule is NCCC(O)C(O)c1cnc(Cl)c2ccccc12. The Kier molecular flexibility index (Phi) is 4.14. The summed E-state index contributed by atoms with van der Waals surface area (Å²) < 4.78 is 0. The molecule has 0 amide bonds. The van der Waals surface area contributed by atoms with E-state index in [1.165, 1.54) is 6.20 Å². The molecule has 2 atom stereocenters. The van der Waals surface area contributed by atoms with E-state index >= 15 is 0 Å². The van der Waals surface area contributed by atoms with E-state index in [9.17, 15) is 10.2 Å². The van der Waals surface area contributed by atoms with Crippen molar-refractivity contribution in [2.45, 2.75) is 18.6 Å². The van der Waals surface area contributed by atoms with Crippen LogP contribution in [-0.2, 0) is 0 Å². The molecule has 5 heteroatoms. The average molecular weight is 267 g/mol. The Balaban J connectivity index is 2.48. The number of hydrogen-bond acceptors (Lipinski definition) is 4. The minimum atomic E-state index is -1.01. The number of fused-ring (bicyclic) bond motifs is 1. The summed E-state index contributed by atoms with van der Waals surface area (Å²) in [5.41, 5.74) is 5.94. The van der Waals surface area contributed by atoms with Gasteiger partial charge in [-0.25, -0.2) is 4.98 Å². The second-order valence-electron chi connectivity index (χ2n) is 4.14. The molecule has 2 aromatic rings. The van der Waals surface area contributed by atoms with E-state index < -0.39 is 12.2 Å². The molecule has 0 aliphatic rings. The van der Waals surface area contributed by atoms with Crippen LogP contribution in [0.2, 0.25) is 5.15 Å². The highest BCUT2D eigenvalue weighted by Gasteiger charge is 2.20. The maximum Gasteiger partial charge on any atom is 0.136 e. The number of aromatic nitrogens is 1. The number of nitrogens with two attached hydrogens (primary N) is 1. The average Bonchev–Trinajstić information content (AvgIpc) is 2.39. The summed E-state index contributed by atoms with van der Waals surface area (Å²) in [4.78, 5) is 4.03. The zero-order valence-electron chi connectivity index (χ0n) is 9.75. The smallest absolute Gasteiger partial charge is 0.136 e. The fraction of sp³-hybridized carbons (Fsp3) is 0.308. The molecule has 0 spiro atoms. The van der Waals surface area contributed by atoms with Gasteiger partial charge in [-0.2, -0.15) is 0 Å². The van der Waals surface area contributed by atoms with Crippen LogP contribution < -0.4 is 5.73 Å². The lowest BCUT2D eigenvalue weighted by Gasteiger charge is -2.19. The van der Waals surface area contributed by atoms with E-state index in [1.54, 1.807) is 0 Å². The summed E-state index contributed by atoms with van der Waals surface area (Å²) in [6.45, 7) is 0.317. The molecule has 0 fully saturated rings. The standard InChI is InChI=1S/C13H15ClN2O2/c14-13-9-4-2-1-3-8(9)10(7-16-13)12(18)11(17)5-6-15/h1-4,7,11-12,17-18H,5-6,15H2. The Bertz CT molecular complexity index is 548. The largest absolute Gasteiger partial charge is 0.390 e. The molecule has 0 aliphatic carbocycles. The van der Waals surface area contributed by atoms with E-state index in [0.29, 0.717) is 23.7 Å². The lowest BCUT2D eigenvalue weighted by molar-refractivity contribution is 0.0157. The zero-order chi connectivity index (χ0) is 13.1. The number of nitrogens with zero attached hydrogens (tertiary/aromatic N) is 1. The first-order chi connectivity index (χ1) is 8.65. The Morgan fingerprint density at radius 1 is 1.22 bits per heavy atom. The first-order valence-electron chi connectivity index (χ1n) is 5.74. The van der Waals surface area contributed by atoms with Gasteiger partial charge in [-0.1, -0.05) is 35.9 Å². The summed E-state index contributed by atoms with van der Waals surface area (Å²) in [7, 11) is 0. The van der Waals surface area contributed by atoms with Gasteiger partial charge in [0.05, 0.1) is 6.10 Å². The molecule has 0 radical (unpaired) electrons. The maximum absolute atomic E-state index is 10.1. The van der Waals surface area contributed by atoms with Crippen LogP contribution in [-0.4, -0.2) is 27.8 Å². The van der Waals surface area contributed by atoms with Crippen LogP contribution in [0.25, 0.3) is 10.8 Å². The molecule has 0 bridgehead atoms. The summed E-state index contributed by atoms with van der Waals surface area (Å²) in [6.07, 6.45) is -0.0858. The van der Waals surface area contributed by atoms with Gasteiger partial charge in [0.25, 0.3) is 0 Å². The molecular weight excluding hydrogens is 252 g/mol. The van der Waals surface area contributed by atoms with Crippen molar-refractivity contribution in [1.29, 1.82) is 0 Å². The van der Waals surface area contributed by atoms with Crippen LogP contribution in [0, 0.1) is 0 Å². The first kappa shape index (κ1) is 13.2. The highest BCUT2D eigenvalue weighted by Crippen LogP contribution is 2.29. The molecule has 1 heterocycles. The van der Waals surface area contributed by atoms with Crippen molar-refractivity contribution in [2.75, 3.05) is 6.54 Å². The quantitative estimate of drug-likeness (QED) is 0.735. The van der Waals surface area contributed by atoms with Crippen molar-refractivity contribution in [3.05, 3.63) is 41.2 Å². The number of rotatable bonds is 4. The van der Waals surface area contributed by atoms with Crippen LogP contribution in [0.4, 0.5) is 0 Å². The third-order valence-electron chi connectivity index (χ3n) is 2.92. The van der Waals surface area contributed by atoms with Crippen molar-refractivity contribution in [3.63, 3.8) is 0 Å². The van der Waals surface area contributed by atoms with Gasteiger partial charge in [0, 0.05) is 17.1 Å². The van der Waals surface area contributed by atoms with E-state index in [-0.39, 0.29) is 0 Å². The minimum absolute atomic E-state index is 0.317. The number of aliphatic hydroxyl groups excluding tert-OH is 2. The molecule has 2 unspecified atom stereocenters. The molecule has 0 saturated heterocycles.